The average Bonchev–Trinajstić information content (AvgIpc) is 2.02. The van der Waals surface area contributed by atoms with Crippen LogP contribution in [0.2, 0.25) is 0 Å². The molecule has 12 heavy (non-hydrogen) atoms. The van der Waals surface area contributed by atoms with E-state index in [9.17, 15) is 0 Å². The largest absolute Gasteiger partial charge is 0.385 e. The Balaban J connectivity index is 2.82. The molecule has 3 heteroatoms. The zero-order chi connectivity index (χ0) is 9.23. The predicted octanol–water partition coefficient (Wildman–Crippen LogP) is 1.59. The van der Waals surface area contributed by atoms with Crippen LogP contribution in [0.3, 0.4) is 0 Å². The lowest BCUT2D eigenvalue weighted by molar-refractivity contribution is 0.0223. The van der Waals surface area contributed by atoms with Gasteiger partial charge >= 0.3 is 0 Å². The van der Waals surface area contributed by atoms with Gasteiger partial charge in [0.05, 0.1) is 6.61 Å². The Labute approximate surface area is 75.4 Å². The van der Waals surface area contributed by atoms with Crippen LogP contribution in [0, 0.1) is 5.92 Å². The first kappa shape index (κ1) is 11.9. The molecule has 3 nitrogen and oxygen atoms in total. The molecule has 0 atom stereocenters. The summed E-state index contributed by atoms with van der Waals surface area (Å²) in [5.74, 6) is 0.594. The van der Waals surface area contributed by atoms with Crippen LogP contribution in [-0.2, 0) is 9.57 Å². The fourth-order valence-electron chi connectivity index (χ4n) is 0.741. The quantitative estimate of drug-likeness (QED) is 0.449. The first-order valence-corrected chi connectivity index (χ1v) is 4.61. The lowest BCUT2D eigenvalue weighted by Crippen LogP contribution is -2.19. The van der Waals surface area contributed by atoms with E-state index in [1.54, 1.807) is 7.11 Å². The van der Waals surface area contributed by atoms with Gasteiger partial charge in [0, 0.05) is 20.3 Å². The van der Waals surface area contributed by atoms with Crippen molar-refractivity contribution < 1.29 is 9.57 Å². The summed E-state index contributed by atoms with van der Waals surface area (Å²) in [7, 11) is 1.72. The molecule has 0 fully saturated rings. The van der Waals surface area contributed by atoms with Gasteiger partial charge in [0.25, 0.3) is 0 Å². The molecular formula is C9H21NO2. The number of hydrogen-bond donors (Lipinski definition) is 1. The van der Waals surface area contributed by atoms with E-state index < -0.39 is 0 Å². The molecule has 0 aromatic heterocycles. The molecule has 74 valence electrons. The molecule has 1 N–H and O–H groups in total. The monoisotopic (exact) mass is 175 g/mol. The van der Waals surface area contributed by atoms with E-state index in [1.165, 1.54) is 0 Å². The summed E-state index contributed by atoms with van der Waals surface area (Å²) in [6, 6.07) is 0. The van der Waals surface area contributed by atoms with E-state index in [0.29, 0.717) is 5.92 Å². The number of ether oxygens (including phenoxy) is 1. The van der Waals surface area contributed by atoms with E-state index in [0.717, 1.165) is 32.6 Å². The molecule has 0 aromatic rings. The Hall–Kier alpha value is -0.120. The molecule has 0 heterocycles. The van der Waals surface area contributed by atoms with Gasteiger partial charge < -0.3 is 9.57 Å². The topological polar surface area (TPSA) is 30.5 Å². The van der Waals surface area contributed by atoms with Crippen molar-refractivity contribution in [2.24, 2.45) is 5.92 Å². The van der Waals surface area contributed by atoms with E-state index >= 15 is 0 Å². The molecule has 0 unspecified atom stereocenters. The summed E-state index contributed by atoms with van der Waals surface area (Å²) >= 11 is 0. The van der Waals surface area contributed by atoms with Gasteiger partial charge in [0.1, 0.15) is 0 Å². The summed E-state index contributed by atoms with van der Waals surface area (Å²) in [5.41, 5.74) is 2.92. The number of methoxy groups -OCH3 is 1. The fourth-order valence-corrected chi connectivity index (χ4v) is 0.741. The fraction of sp³-hybridized carbons (Fsp3) is 1.00. The number of rotatable bonds is 8. The predicted molar refractivity (Wildman–Crippen MR) is 49.9 cm³/mol. The molecule has 0 aliphatic heterocycles. The minimum Gasteiger partial charge on any atom is -0.385 e. The highest BCUT2D eigenvalue weighted by Crippen LogP contribution is 1.91. The van der Waals surface area contributed by atoms with Crippen molar-refractivity contribution in [3.05, 3.63) is 0 Å². The van der Waals surface area contributed by atoms with Gasteiger partial charge in [-0.3, -0.25) is 0 Å². The third-order valence-corrected chi connectivity index (χ3v) is 1.40. The first-order valence-electron chi connectivity index (χ1n) is 4.61. The number of nitrogens with one attached hydrogen (secondary N) is 1. The Morgan fingerprint density at radius 1 is 1.25 bits per heavy atom. The Morgan fingerprint density at radius 2 is 2.00 bits per heavy atom. The normalized spacial score (nSPS) is 11.0. The highest BCUT2D eigenvalue weighted by Gasteiger charge is 1.92. The summed E-state index contributed by atoms with van der Waals surface area (Å²) in [6.07, 6.45) is 2.19. The minimum atomic E-state index is 0.594. The highest BCUT2D eigenvalue weighted by atomic mass is 16.6. The molecular weight excluding hydrogens is 154 g/mol. The van der Waals surface area contributed by atoms with Gasteiger partial charge in [0.2, 0.25) is 0 Å². The van der Waals surface area contributed by atoms with Gasteiger partial charge in [-0.05, 0) is 18.8 Å². The van der Waals surface area contributed by atoms with E-state index in [-0.39, 0.29) is 0 Å². The zero-order valence-electron chi connectivity index (χ0n) is 8.43. The molecule has 0 saturated heterocycles. The van der Waals surface area contributed by atoms with Gasteiger partial charge in [-0.25, -0.2) is 5.48 Å². The van der Waals surface area contributed by atoms with Crippen molar-refractivity contribution in [2.75, 3.05) is 26.9 Å². The van der Waals surface area contributed by atoms with E-state index in [1.807, 2.05) is 0 Å². The van der Waals surface area contributed by atoms with E-state index in [4.69, 9.17) is 9.57 Å². The van der Waals surface area contributed by atoms with Crippen LogP contribution in [0.25, 0.3) is 0 Å². The molecule has 0 aliphatic rings. The Bertz CT molecular complexity index is 86.6. The zero-order valence-corrected chi connectivity index (χ0v) is 8.43. The first-order chi connectivity index (χ1) is 5.77. The minimum absolute atomic E-state index is 0.594. The van der Waals surface area contributed by atoms with Crippen LogP contribution < -0.4 is 5.48 Å². The van der Waals surface area contributed by atoms with Crippen LogP contribution in [0.5, 0.6) is 0 Å². The molecule has 0 aromatic carbocycles. The molecule has 0 radical (unpaired) electrons. The van der Waals surface area contributed by atoms with Gasteiger partial charge in [-0.15, -0.1) is 0 Å². The Morgan fingerprint density at radius 3 is 2.58 bits per heavy atom. The molecule has 0 saturated carbocycles. The summed E-state index contributed by atoms with van der Waals surface area (Å²) in [6.45, 7) is 6.80. The van der Waals surface area contributed by atoms with Crippen LogP contribution in [0.4, 0.5) is 0 Å². The number of hydroxylamine groups is 1. The molecule has 0 amide bonds. The molecule has 0 bridgehead atoms. The van der Waals surface area contributed by atoms with Crippen molar-refractivity contribution >= 4 is 0 Å². The third-order valence-electron chi connectivity index (χ3n) is 1.40. The maximum Gasteiger partial charge on any atom is 0.0705 e. The van der Waals surface area contributed by atoms with Gasteiger partial charge in [-0.1, -0.05) is 13.8 Å². The highest BCUT2D eigenvalue weighted by molar-refractivity contribution is 4.41. The third kappa shape index (κ3) is 9.88. The molecule has 0 spiro atoms. The van der Waals surface area contributed by atoms with E-state index in [2.05, 4.69) is 19.3 Å². The van der Waals surface area contributed by atoms with Crippen molar-refractivity contribution in [1.29, 1.82) is 0 Å². The van der Waals surface area contributed by atoms with Crippen molar-refractivity contribution in [2.45, 2.75) is 26.7 Å². The summed E-state index contributed by atoms with van der Waals surface area (Å²) in [5, 5.41) is 0. The van der Waals surface area contributed by atoms with Crippen LogP contribution >= 0.6 is 0 Å². The van der Waals surface area contributed by atoms with Gasteiger partial charge in [-0.2, -0.15) is 0 Å². The number of unbranched alkanes of at least 4 members (excludes halogenated alkanes) is 1. The molecule has 0 rings (SSSR count). The number of hydrogen-bond acceptors (Lipinski definition) is 3. The van der Waals surface area contributed by atoms with Gasteiger partial charge in [0.15, 0.2) is 0 Å². The second kappa shape index (κ2) is 8.97. The summed E-state index contributed by atoms with van der Waals surface area (Å²) < 4.78 is 4.92. The average molecular weight is 175 g/mol. The van der Waals surface area contributed by atoms with Crippen LogP contribution in [0.15, 0.2) is 0 Å². The Kier molecular flexibility index (Phi) is 8.88. The maximum absolute atomic E-state index is 5.18. The second-order valence-corrected chi connectivity index (χ2v) is 3.30. The van der Waals surface area contributed by atoms with Crippen molar-refractivity contribution in [1.82, 2.24) is 5.48 Å². The standard InChI is InChI=1S/C9H21NO2/c1-9(2)8-12-10-6-4-5-7-11-3/h9-10H,4-8H2,1-3H3. The SMILES string of the molecule is COCCCCNOCC(C)C. The lowest BCUT2D eigenvalue weighted by Gasteiger charge is -2.07. The smallest absolute Gasteiger partial charge is 0.0705 e. The maximum atomic E-state index is 5.18. The summed E-state index contributed by atoms with van der Waals surface area (Å²) in [4.78, 5) is 5.18. The van der Waals surface area contributed by atoms with Crippen LogP contribution in [-0.4, -0.2) is 26.9 Å². The lowest BCUT2D eigenvalue weighted by atomic mass is 10.2. The second-order valence-electron chi connectivity index (χ2n) is 3.30. The molecule has 0 aliphatic carbocycles. The van der Waals surface area contributed by atoms with Crippen molar-refractivity contribution in [3.8, 4) is 0 Å². The van der Waals surface area contributed by atoms with Crippen LogP contribution in [0.1, 0.15) is 26.7 Å². The van der Waals surface area contributed by atoms with Crippen molar-refractivity contribution in [3.63, 3.8) is 0 Å².